The van der Waals surface area contributed by atoms with Gasteiger partial charge in [-0.15, -0.1) is 11.3 Å². The summed E-state index contributed by atoms with van der Waals surface area (Å²) in [6.07, 6.45) is 0. The highest BCUT2D eigenvalue weighted by molar-refractivity contribution is 7.26. The lowest BCUT2D eigenvalue weighted by Gasteiger charge is -2.31. The second kappa shape index (κ2) is 6.04. The van der Waals surface area contributed by atoms with E-state index in [0.29, 0.717) is 0 Å². The van der Waals surface area contributed by atoms with Crippen LogP contribution in [0.4, 0.5) is 0 Å². The Kier molecular flexibility index (Phi) is 3.27. The molecule has 1 unspecified atom stereocenters. The Balaban J connectivity index is 1.64. The smallest absolute Gasteiger partial charge is 0.114 e. The number of benzene rings is 5. The summed E-state index contributed by atoms with van der Waals surface area (Å²) in [7, 11) is 6.80. The molecule has 8 rings (SSSR count). The van der Waals surface area contributed by atoms with Crippen LogP contribution < -0.4 is 5.46 Å². The molecule has 0 amide bonds. The van der Waals surface area contributed by atoms with Gasteiger partial charge in [-0.1, -0.05) is 103 Å². The first kappa shape index (κ1) is 17.9. The van der Waals surface area contributed by atoms with E-state index in [9.17, 15) is 0 Å². The van der Waals surface area contributed by atoms with Crippen LogP contribution in [0, 0.1) is 0 Å². The number of hydrogen-bond acceptors (Lipinski definition) is 1. The topological polar surface area (TPSA) is 0 Å². The predicted octanol–water partition coefficient (Wildman–Crippen LogP) is 7.19. The maximum Gasteiger partial charge on any atom is 0.114 e. The lowest BCUT2D eigenvalue weighted by atomic mass is 9.67. The largest absolute Gasteiger partial charge is 0.135 e. The maximum absolute atomic E-state index is 6.80. The van der Waals surface area contributed by atoms with E-state index in [1.165, 1.54) is 64.7 Å². The van der Waals surface area contributed by atoms with E-state index in [0.717, 1.165) is 5.46 Å². The van der Waals surface area contributed by atoms with Crippen LogP contribution in [0.3, 0.4) is 0 Å². The Labute approximate surface area is 197 Å². The lowest BCUT2D eigenvalue weighted by molar-refractivity contribution is 0.800. The third kappa shape index (κ3) is 1.96. The van der Waals surface area contributed by atoms with Gasteiger partial charge in [0.25, 0.3) is 0 Å². The predicted molar refractivity (Wildman–Crippen MR) is 141 cm³/mol. The zero-order chi connectivity index (χ0) is 21.7. The minimum atomic E-state index is -0.381. The summed E-state index contributed by atoms with van der Waals surface area (Å²) in [5.74, 6) is 0. The van der Waals surface area contributed by atoms with Crippen LogP contribution in [0.2, 0.25) is 0 Å². The standard InChI is InChI=1S/C31H17BS/c32-26-14-7-11-20-18-8-1-4-12-23(18)31(29(20)26)24-13-5-2-10-22(24)28-25(31)17-16-21-19-9-3-6-15-27(19)33-30(21)28/h1-17H. The van der Waals surface area contributed by atoms with Crippen LogP contribution >= 0.6 is 11.3 Å². The van der Waals surface area contributed by atoms with Crippen molar-refractivity contribution in [3.8, 4) is 22.3 Å². The van der Waals surface area contributed by atoms with Crippen LogP contribution in [0.25, 0.3) is 42.4 Å². The van der Waals surface area contributed by atoms with Gasteiger partial charge in [-0.3, -0.25) is 0 Å². The molecule has 1 aromatic heterocycles. The summed E-state index contributed by atoms with van der Waals surface area (Å²) >= 11 is 1.91. The van der Waals surface area contributed by atoms with E-state index in [4.69, 9.17) is 7.85 Å². The molecule has 0 nitrogen and oxygen atoms in total. The molecule has 150 valence electrons. The molecule has 2 aliphatic carbocycles. The molecule has 0 saturated heterocycles. The van der Waals surface area contributed by atoms with Gasteiger partial charge in [0, 0.05) is 25.7 Å². The molecule has 2 aliphatic rings. The van der Waals surface area contributed by atoms with Crippen molar-refractivity contribution in [1.29, 1.82) is 0 Å². The lowest BCUT2D eigenvalue weighted by Crippen LogP contribution is -2.31. The third-order valence-electron chi connectivity index (χ3n) is 7.64. The van der Waals surface area contributed by atoms with E-state index in [1.54, 1.807) is 0 Å². The summed E-state index contributed by atoms with van der Waals surface area (Å²) in [4.78, 5) is 0. The molecule has 5 aromatic carbocycles. The van der Waals surface area contributed by atoms with Crippen molar-refractivity contribution < 1.29 is 0 Å². The van der Waals surface area contributed by atoms with Gasteiger partial charge in [0.05, 0.1) is 5.41 Å². The van der Waals surface area contributed by atoms with Gasteiger partial charge in [0.2, 0.25) is 0 Å². The molecule has 2 radical (unpaired) electrons. The second-order valence-corrected chi connectivity index (χ2v) is 10.1. The number of thiophene rings is 1. The highest BCUT2D eigenvalue weighted by Gasteiger charge is 2.52. The van der Waals surface area contributed by atoms with Gasteiger partial charge in [-0.25, -0.2) is 0 Å². The zero-order valence-corrected chi connectivity index (χ0v) is 18.6. The first-order valence-electron chi connectivity index (χ1n) is 11.3. The Bertz CT molecular complexity index is 1790. The van der Waals surface area contributed by atoms with Gasteiger partial charge >= 0.3 is 0 Å². The van der Waals surface area contributed by atoms with Crippen LogP contribution in [0.5, 0.6) is 0 Å². The average Bonchev–Trinajstić information content (AvgIpc) is 3.48. The summed E-state index contributed by atoms with van der Waals surface area (Å²) in [6, 6.07) is 37.7. The van der Waals surface area contributed by atoms with Crippen LogP contribution in [0.15, 0.2) is 103 Å². The van der Waals surface area contributed by atoms with Gasteiger partial charge in [-0.05, 0) is 45.0 Å². The van der Waals surface area contributed by atoms with Crippen molar-refractivity contribution in [2.75, 3.05) is 0 Å². The highest BCUT2D eigenvalue weighted by atomic mass is 32.1. The zero-order valence-electron chi connectivity index (χ0n) is 17.8. The summed E-state index contributed by atoms with van der Waals surface area (Å²) in [6.45, 7) is 0. The van der Waals surface area contributed by atoms with Gasteiger partial charge in [0.1, 0.15) is 7.85 Å². The molecule has 33 heavy (non-hydrogen) atoms. The van der Waals surface area contributed by atoms with E-state index >= 15 is 0 Å². The molecule has 1 heterocycles. The van der Waals surface area contributed by atoms with E-state index in [2.05, 4.69) is 103 Å². The Morgan fingerprint density at radius 3 is 2.12 bits per heavy atom. The fraction of sp³-hybridized carbons (Fsp3) is 0.0323. The fourth-order valence-electron chi connectivity index (χ4n) is 6.49. The molecule has 0 N–H and O–H groups in total. The second-order valence-electron chi connectivity index (χ2n) is 9.07. The molecule has 6 aromatic rings. The van der Waals surface area contributed by atoms with Crippen molar-refractivity contribution >= 4 is 44.8 Å². The Hall–Kier alpha value is -3.62. The van der Waals surface area contributed by atoms with Gasteiger partial charge < -0.3 is 0 Å². The quantitative estimate of drug-likeness (QED) is 0.223. The van der Waals surface area contributed by atoms with Crippen LogP contribution in [-0.2, 0) is 5.41 Å². The fourth-order valence-corrected chi connectivity index (χ4v) is 7.76. The SMILES string of the molecule is [B]c1cccc2c1C1(c3ccccc3-2)c2ccccc2-c2c1ccc1c2sc2ccccc21. The molecule has 0 bridgehead atoms. The average molecular weight is 432 g/mol. The minimum absolute atomic E-state index is 0.381. The number of rotatable bonds is 0. The monoisotopic (exact) mass is 432 g/mol. The first-order valence-corrected chi connectivity index (χ1v) is 12.2. The van der Waals surface area contributed by atoms with Crippen molar-refractivity contribution in [2.24, 2.45) is 0 Å². The summed E-state index contributed by atoms with van der Waals surface area (Å²) < 4.78 is 2.71. The molecule has 0 fully saturated rings. The molecule has 1 spiro atoms. The summed E-state index contributed by atoms with van der Waals surface area (Å²) in [5.41, 5.74) is 11.0. The Morgan fingerprint density at radius 2 is 1.24 bits per heavy atom. The summed E-state index contributed by atoms with van der Waals surface area (Å²) in [5, 5.41) is 2.68. The van der Waals surface area contributed by atoms with Crippen molar-refractivity contribution in [2.45, 2.75) is 5.41 Å². The van der Waals surface area contributed by atoms with Crippen LogP contribution in [-0.4, -0.2) is 7.85 Å². The van der Waals surface area contributed by atoms with Crippen molar-refractivity contribution in [1.82, 2.24) is 0 Å². The van der Waals surface area contributed by atoms with E-state index in [-0.39, 0.29) is 5.41 Å². The third-order valence-corrected chi connectivity index (χ3v) is 8.85. The molecule has 0 aliphatic heterocycles. The van der Waals surface area contributed by atoms with E-state index < -0.39 is 0 Å². The molecule has 1 atom stereocenters. The van der Waals surface area contributed by atoms with Crippen molar-refractivity contribution in [3.05, 3.63) is 125 Å². The van der Waals surface area contributed by atoms with Gasteiger partial charge in [0.15, 0.2) is 0 Å². The number of fused-ring (bicyclic) bond motifs is 14. The highest BCUT2D eigenvalue weighted by Crippen LogP contribution is 2.63. The first-order chi connectivity index (χ1) is 16.3. The molecule has 2 heteroatoms. The van der Waals surface area contributed by atoms with Gasteiger partial charge in [-0.2, -0.15) is 0 Å². The normalized spacial score (nSPS) is 17.3. The van der Waals surface area contributed by atoms with Crippen LogP contribution in [0.1, 0.15) is 22.3 Å². The molecule has 0 saturated carbocycles. The van der Waals surface area contributed by atoms with Crippen molar-refractivity contribution in [3.63, 3.8) is 0 Å². The number of hydrogen-bond donors (Lipinski definition) is 0. The Morgan fingerprint density at radius 1 is 0.545 bits per heavy atom. The minimum Gasteiger partial charge on any atom is -0.135 e. The maximum atomic E-state index is 6.80. The molecular weight excluding hydrogens is 415 g/mol. The molecular formula is C31H17BS. The van der Waals surface area contributed by atoms with E-state index in [1.807, 2.05) is 11.3 Å².